The number of esters is 1. The van der Waals surface area contributed by atoms with Gasteiger partial charge in [-0.05, 0) is 31.5 Å². The van der Waals surface area contributed by atoms with Crippen LogP contribution in [-0.4, -0.2) is 45.5 Å². The number of carbonyl (C=O) groups excluding carboxylic acids is 2. The maximum atomic E-state index is 12.6. The first kappa shape index (κ1) is 21.4. The number of benzene rings is 1. The molecule has 2 N–H and O–H groups in total. The average Bonchev–Trinajstić information content (AvgIpc) is 2.62. The van der Waals surface area contributed by atoms with Gasteiger partial charge in [-0.25, -0.2) is 9.59 Å². The van der Waals surface area contributed by atoms with Crippen molar-refractivity contribution >= 4 is 12.0 Å². The molecule has 0 aromatic heterocycles. The summed E-state index contributed by atoms with van der Waals surface area (Å²) in [5.41, 5.74) is 0.945. The van der Waals surface area contributed by atoms with Crippen molar-refractivity contribution in [1.82, 2.24) is 10.6 Å². The molecule has 0 spiro atoms. The normalized spacial score (nSPS) is 16.5. The molecule has 1 atom stereocenters. The molecule has 1 heterocycles. The Morgan fingerprint density at radius 2 is 2.00 bits per heavy atom. The largest absolute Gasteiger partial charge is 0.490 e. The van der Waals surface area contributed by atoms with Crippen molar-refractivity contribution in [3.05, 3.63) is 35.0 Å². The molecule has 154 valence electrons. The number of nitrogens with one attached hydrogen (secondary N) is 2. The minimum Gasteiger partial charge on any atom is -0.490 e. The van der Waals surface area contributed by atoms with Crippen molar-refractivity contribution in [3.8, 4) is 11.5 Å². The number of urea groups is 1. The van der Waals surface area contributed by atoms with Crippen LogP contribution < -0.4 is 20.1 Å². The molecule has 10 heteroatoms. The van der Waals surface area contributed by atoms with Gasteiger partial charge in [0.1, 0.15) is 6.61 Å². The lowest BCUT2D eigenvalue weighted by atomic mass is 9.95. The Bertz CT molecular complexity index is 754. The van der Waals surface area contributed by atoms with E-state index in [1.165, 1.54) is 25.3 Å². The second kappa shape index (κ2) is 9.88. The predicted molar refractivity (Wildman–Crippen MR) is 94.2 cm³/mol. The lowest BCUT2D eigenvalue weighted by Crippen LogP contribution is -2.45. The van der Waals surface area contributed by atoms with Gasteiger partial charge >= 0.3 is 18.6 Å². The molecule has 0 unspecified atom stereocenters. The first-order valence-corrected chi connectivity index (χ1v) is 8.53. The summed E-state index contributed by atoms with van der Waals surface area (Å²) in [4.78, 5) is 24.4. The third-order valence-corrected chi connectivity index (χ3v) is 3.83. The van der Waals surface area contributed by atoms with E-state index in [1.807, 2.05) is 0 Å². The van der Waals surface area contributed by atoms with Crippen molar-refractivity contribution < 1.29 is 37.3 Å². The van der Waals surface area contributed by atoms with Crippen LogP contribution in [0.25, 0.3) is 0 Å². The van der Waals surface area contributed by atoms with E-state index in [4.69, 9.17) is 14.2 Å². The van der Waals surface area contributed by atoms with E-state index in [-0.39, 0.29) is 36.9 Å². The van der Waals surface area contributed by atoms with E-state index >= 15 is 0 Å². The van der Waals surface area contributed by atoms with E-state index in [2.05, 4.69) is 15.4 Å². The standard InChI is InChI=1S/C18H22F2N2O6/c1-4-26-13-9-11(5-6-12(13)28-17(19)20)15-14(10(2)21-18(24)22-15)16(23)27-8-7-25-3/h5-6,9,15,17H,4,7-8H2,1-3H3,(H2,21,22,24)/t15-/m0/s1. The summed E-state index contributed by atoms with van der Waals surface area (Å²) in [6.45, 7) is 0.707. The highest BCUT2D eigenvalue weighted by atomic mass is 19.3. The molecule has 0 aliphatic carbocycles. The Labute approximate surface area is 160 Å². The topological polar surface area (TPSA) is 95.1 Å². The third-order valence-electron chi connectivity index (χ3n) is 3.83. The Morgan fingerprint density at radius 1 is 1.25 bits per heavy atom. The van der Waals surface area contributed by atoms with Gasteiger partial charge in [-0.2, -0.15) is 8.78 Å². The molecule has 8 nitrogen and oxygen atoms in total. The molecule has 0 bridgehead atoms. The Balaban J connectivity index is 2.38. The van der Waals surface area contributed by atoms with Gasteiger partial charge in [0.15, 0.2) is 11.5 Å². The summed E-state index contributed by atoms with van der Waals surface area (Å²) in [6.07, 6.45) is 0. The Morgan fingerprint density at radius 3 is 2.64 bits per heavy atom. The van der Waals surface area contributed by atoms with Gasteiger partial charge in [-0.1, -0.05) is 6.07 Å². The fourth-order valence-corrected chi connectivity index (χ4v) is 2.68. The van der Waals surface area contributed by atoms with Crippen molar-refractivity contribution in [2.45, 2.75) is 26.5 Å². The number of rotatable bonds is 9. The summed E-state index contributed by atoms with van der Waals surface area (Å²) in [6, 6.07) is 2.83. The van der Waals surface area contributed by atoms with Crippen molar-refractivity contribution in [1.29, 1.82) is 0 Å². The van der Waals surface area contributed by atoms with Gasteiger partial charge in [0.05, 0.1) is 24.8 Å². The van der Waals surface area contributed by atoms with Crippen molar-refractivity contribution in [3.63, 3.8) is 0 Å². The minimum atomic E-state index is -3.02. The number of allylic oxidation sites excluding steroid dienone is 1. The number of alkyl halides is 2. The first-order chi connectivity index (χ1) is 13.4. The van der Waals surface area contributed by atoms with Crippen LogP contribution in [0.2, 0.25) is 0 Å². The molecule has 1 aromatic carbocycles. The van der Waals surface area contributed by atoms with E-state index in [9.17, 15) is 18.4 Å². The van der Waals surface area contributed by atoms with Gasteiger partial charge in [0, 0.05) is 12.8 Å². The van der Waals surface area contributed by atoms with Crippen LogP contribution in [0.3, 0.4) is 0 Å². The van der Waals surface area contributed by atoms with Crippen LogP contribution in [0, 0.1) is 0 Å². The molecule has 2 amide bonds. The zero-order chi connectivity index (χ0) is 20.7. The predicted octanol–water partition coefficient (Wildman–Crippen LogP) is 2.50. The molecule has 0 fully saturated rings. The zero-order valence-electron chi connectivity index (χ0n) is 15.7. The number of hydrogen-bond acceptors (Lipinski definition) is 6. The Hall–Kier alpha value is -2.88. The zero-order valence-corrected chi connectivity index (χ0v) is 15.7. The molecule has 1 aliphatic rings. The molecule has 0 saturated carbocycles. The number of methoxy groups -OCH3 is 1. The Kier molecular flexibility index (Phi) is 7.56. The van der Waals surface area contributed by atoms with Crippen molar-refractivity contribution in [2.75, 3.05) is 26.9 Å². The quantitative estimate of drug-likeness (QED) is 0.489. The molecular weight excluding hydrogens is 378 g/mol. The van der Waals surface area contributed by atoms with Gasteiger partial charge in [0.2, 0.25) is 0 Å². The molecule has 2 rings (SSSR count). The number of hydrogen-bond donors (Lipinski definition) is 2. The average molecular weight is 400 g/mol. The maximum absolute atomic E-state index is 12.6. The molecule has 1 aromatic rings. The van der Waals surface area contributed by atoms with Crippen LogP contribution in [0.1, 0.15) is 25.5 Å². The SMILES string of the molecule is CCOc1cc([C@@H]2NC(=O)NC(C)=C2C(=O)OCCOC)ccc1OC(F)F. The molecule has 0 saturated heterocycles. The van der Waals surface area contributed by atoms with Crippen LogP contribution in [-0.2, 0) is 14.3 Å². The first-order valence-electron chi connectivity index (χ1n) is 8.53. The second-order valence-corrected chi connectivity index (χ2v) is 5.72. The summed E-state index contributed by atoms with van der Waals surface area (Å²) < 4.78 is 45.0. The van der Waals surface area contributed by atoms with Crippen LogP contribution in [0.15, 0.2) is 29.5 Å². The van der Waals surface area contributed by atoms with Crippen molar-refractivity contribution in [2.24, 2.45) is 0 Å². The highest BCUT2D eigenvalue weighted by molar-refractivity contribution is 5.95. The van der Waals surface area contributed by atoms with E-state index in [0.29, 0.717) is 11.3 Å². The minimum absolute atomic E-state index is 0.0398. The summed E-state index contributed by atoms with van der Waals surface area (Å²) in [5.74, 6) is -0.721. The summed E-state index contributed by atoms with van der Waals surface area (Å²) >= 11 is 0. The lowest BCUT2D eigenvalue weighted by Gasteiger charge is -2.28. The van der Waals surface area contributed by atoms with Gasteiger partial charge in [-0.3, -0.25) is 0 Å². The second-order valence-electron chi connectivity index (χ2n) is 5.72. The van der Waals surface area contributed by atoms with Gasteiger partial charge < -0.3 is 29.6 Å². The van der Waals surface area contributed by atoms with E-state index < -0.39 is 24.7 Å². The highest BCUT2D eigenvalue weighted by Gasteiger charge is 2.33. The summed E-state index contributed by atoms with van der Waals surface area (Å²) in [5, 5.41) is 5.15. The number of halogens is 2. The number of amides is 2. The molecule has 0 radical (unpaired) electrons. The lowest BCUT2D eigenvalue weighted by molar-refractivity contribution is -0.140. The third kappa shape index (κ3) is 5.32. The molecule has 28 heavy (non-hydrogen) atoms. The van der Waals surface area contributed by atoms with Gasteiger partial charge in [-0.15, -0.1) is 0 Å². The van der Waals surface area contributed by atoms with Crippen LogP contribution in [0.4, 0.5) is 13.6 Å². The van der Waals surface area contributed by atoms with Crippen LogP contribution in [0.5, 0.6) is 11.5 Å². The molecular formula is C18H22F2N2O6. The summed E-state index contributed by atoms with van der Waals surface area (Å²) in [7, 11) is 1.47. The number of carbonyl (C=O) groups is 2. The number of ether oxygens (including phenoxy) is 4. The molecule has 1 aliphatic heterocycles. The monoisotopic (exact) mass is 400 g/mol. The van der Waals surface area contributed by atoms with Crippen LogP contribution >= 0.6 is 0 Å². The fourth-order valence-electron chi connectivity index (χ4n) is 2.68. The van der Waals surface area contributed by atoms with E-state index in [0.717, 1.165) is 0 Å². The maximum Gasteiger partial charge on any atom is 0.387 e. The van der Waals surface area contributed by atoms with E-state index in [1.54, 1.807) is 13.8 Å². The highest BCUT2D eigenvalue weighted by Crippen LogP contribution is 2.35. The van der Waals surface area contributed by atoms with Gasteiger partial charge in [0.25, 0.3) is 0 Å². The smallest absolute Gasteiger partial charge is 0.387 e. The fraction of sp³-hybridized carbons (Fsp3) is 0.444.